The summed E-state index contributed by atoms with van der Waals surface area (Å²) in [6, 6.07) is 3.64. The van der Waals surface area contributed by atoms with Crippen LogP contribution in [-0.2, 0) is 6.54 Å². The lowest BCUT2D eigenvalue weighted by Gasteiger charge is -2.27. The molecule has 2 rings (SSSR count). The van der Waals surface area contributed by atoms with E-state index < -0.39 is 0 Å². The quantitative estimate of drug-likeness (QED) is 0.924. The van der Waals surface area contributed by atoms with Gasteiger partial charge >= 0.3 is 0 Å². The lowest BCUT2D eigenvalue weighted by Crippen LogP contribution is -2.42. The number of nitrogens with zero attached hydrogens (tertiary/aromatic N) is 1. The third-order valence-electron chi connectivity index (χ3n) is 2.94. The Morgan fingerprint density at radius 3 is 2.76 bits per heavy atom. The third kappa shape index (κ3) is 2.97. The van der Waals surface area contributed by atoms with Crippen LogP contribution in [0.2, 0.25) is 0 Å². The number of rotatable bonds is 3. The third-order valence-corrected chi connectivity index (χ3v) is 3.55. The lowest BCUT2D eigenvalue weighted by molar-refractivity contribution is 0.229. The van der Waals surface area contributed by atoms with Gasteiger partial charge in [-0.05, 0) is 22.0 Å². The lowest BCUT2D eigenvalue weighted by atomic mass is 10.1. The molecule has 0 amide bonds. The van der Waals surface area contributed by atoms with E-state index in [-0.39, 0.29) is 5.82 Å². The summed E-state index contributed by atoms with van der Waals surface area (Å²) in [6.45, 7) is 4.68. The maximum atomic E-state index is 13.8. The molecule has 1 aliphatic heterocycles. The van der Waals surface area contributed by atoms with Gasteiger partial charge in [-0.25, -0.2) is 4.39 Å². The summed E-state index contributed by atoms with van der Waals surface area (Å²) in [5, 5.41) is 3.30. The Bertz CT molecular complexity index is 394. The Morgan fingerprint density at radius 2 is 2.12 bits per heavy atom. The molecule has 0 radical (unpaired) electrons. The maximum absolute atomic E-state index is 13.8. The van der Waals surface area contributed by atoms with Gasteiger partial charge in [0.2, 0.25) is 0 Å². The second-order valence-electron chi connectivity index (χ2n) is 4.08. The molecule has 0 atom stereocenters. The van der Waals surface area contributed by atoms with Crippen LogP contribution in [0.1, 0.15) is 5.56 Å². The van der Waals surface area contributed by atoms with Crippen LogP contribution in [0.4, 0.5) is 4.39 Å². The fourth-order valence-corrected chi connectivity index (χ4v) is 2.34. The first-order chi connectivity index (χ1) is 8.22. The first-order valence-electron chi connectivity index (χ1n) is 5.66. The molecule has 1 aromatic rings. The van der Waals surface area contributed by atoms with Gasteiger partial charge in [0.1, 0.15) is 0 Å². The van der Waals surface area contributed by atoms with E-state index >= 15 is 0 Å². The van der Waals surface area contributed by atoms with E-state index in [2.05, 4.69) is 26.1 Å². The van der Waals surface area contributed by atoms with E-state index in [1.807, 2.05) is 6.07 Å². The average Bonchev–Trinajstić information content (AvgIpc) is 2.36. The van der Waals surface area contributed by atoms with Gasteiger partial charge in [-0.3, -0.25) is 4.90 Å². The van der Waals surface area contributed by atoms with Gasteiger partial charge in [0.15, 0.2) is 11.6 Å². The Balaban J connectivity index is 2.17. The van der Waals surface area contributed by atoms with E-state index in [0.717, 1.165) is 38.3 Å². The SMILES string of the molecule is COc1c(CN2CCNCC2)ccc(Br)c1F. The van der Waals surface area contributed by atoms with Crippen molar-refractivity contribution in [2.24, 2.45) is 0 Å². The van der Waals surface area contributed by atoms with Crippen LogP contribution in [0.5, 0.6) is 5.75 Å². The molecule has 1 fully saturated rings. The Labute approximate surface area is 109 Å². The second kappa shape index (κ2) is 5.80. The summed E-state index contributed by atoms with van der Waals surface area (Å²) in [7, 11) is 1.51. The highest BCUT2D eigenvalue weighted by Crippen LogP contribution is 2.29. The molecular formula is C12H16BrFN2O. The van der Waals surface area contributed by atoms with Crippen molar-refractivity contribution < 1.29 is 9.13 Å². The molecule has 1 heterocycles. The highest BCUT2D eigenvalue weighted by molar-refractivity contribution is 9.10. The second-order valence-corrected chi connectivity index (χ2v) is 4.93. The van der Waals surface area contributed by atoms with E-state index in [9.17, 15) is 4.39 Å². The number of halogens is 2. The topological polar surface area (TPSA) is 24.5 Å². The fourth-order valence-electron chi connectivity index (χ4n) is 2.03. The van der Waals surface area contributed by atoms with E-state index in [1.54, 1.807) is 6.07 Å². The van der Waals surface area contributed by atoms with Crippen molar-refractivity contribution in [3.63, 3.8) is 0 Å². The summed E-state index contributed by atoms with van der Waals surface area (Å²) in [5.74, 6) is 0.0260. The van der Waals surface area contributed by atoms with Crippen LogP contribution in [0.3, 0.4) is 0 Å². The summed E-state index contributed by atoms with van der Waals surface area (Å²) in [5.41, 5.74) is 0.898. The molecule has 0 aliphatic carbocycles. The maximum Gasteiger partial charge on any atom is 0.179 e. The Kier molecular flexibility index (Phi) is 4.36. The van der Waals surface area contributed by atoms with Crippen LogP contribution in [-0.4, -0.2) is 38.2 Å². The van der Waals surface area contributed by atoms with Gasteiger partial charge in [-0.15, -0.1) is 0 Å². The minimum Gasteiger partial charge on any atom is -0.493 e. The zero-order chi connectivity index (χ0) is 12.3. The molecule has 17 heavy (non-hydrogen) atoms. The minimum absolute atomic E-state index is 0.319. The van der Waals surface area contributed by atoms with Gasteiger partial charge in [0.05, 0.1) is 11.6 Å². The zero-order valence-corrected chi connectivity index (χ0v) is 11.4. The molecule has 1 aromatic carbocycles. The molecule has 5 heteroatoms. The highest BCUT2D eigenvalue weighted by atomic mass is 79.9. The van der Waals surface area contributed by atoms with Gasteiger partial charge in [-0.1, -0.05) is 6.07 Å². The van der Waals surface area contributed by atoms with Crippen molar-refractivity contribution in [1.29, 1.82) is 0 Å². The molecule has 1 aliphatic rings. The Morgan fingerprint density at radius 1 is 1.41 bits per heavy atom. The van der Waals surface area contributed by atoms with Crippen molar-refractivity contribution >= 4 is 15.9 Å². The normalized spacial score (nSPS) is 17.1. The van der Waals surface area contributed by atoms with Crippen LogP contribution in [0.15, 0.2) is 16.6 Å². The highest BCUT2D eigenvalue weighted by Gasteiger charge is 2.16. The monoisotopic (exact) mass is 302 g/mol. The summed E-state index contributed by atoms with van der Waals surface area (Å²) >= 11 is 3.17. The summed E-state index contributed by atoms with van der Waals surface area (Å²) < 4.78 is 19.4. The van der Waals surface area contributed by atoms with Crippen molar-refractivity contribution in [2.45, 2.75) is 6.54 Å². The van der Waals surface area contributed by atoms with Gasteiger partial charge in [-0.2, -0.15) is 0 Å². The predicted octanol–water partition coefficient (Wildman–Crippen LogP) is 2.00. The molecule has 0 unspecified atom stereocenters. The summed E-state index contributed by atoms with van der Waals surface area (Å²) in [6.07, 6.45) is 0. The number of nitrogens with one attached hydrogen (secondary N) is 1. The molecule has 0 saturated carbocycles. The summed E-state index contributed by atoms with van der Waals surface area (Å²) in [4.78, 5) is 2.29. The first-order valence-corrected chi connectivity index (χ1v) is 6.45. The van der Waals surface area contributed by atoms with Crippen molar-refractivity contribution in [3.8, 4) is 5.75 Å². The molecule has 3 nitrogen and oxygen atoms in total. The molecule has 1 N–H and O–H groups in total. The van der Waals surface area contributed by atoms with Crippen molar-refractivity contribution in [2.75, 3.05) is 33.3 Å². The number of methoxy groups -OCH3 is 1. The smallest absolute Gasteiger partial charge is 0.179 e. The van der Waals surface area contributed by atoms with Gasteiger partial charge in [0, 0.05) is 38.3 Å². The van der Waals surface area contributed by atoms with Crippen molar-refractivity contribution in [1.82, 2.24) is 10.2 Å². The number of hydrogen-bond acceptors (Lipinski definition) is 3. The first kappa shape index (κ1) is 12.8. The van der Waals surface area contributed by atoms with Gasteiger partial charge < -0.3 is 10.1 Å². The number of ether oxygens (including phenoxy) is 1. The standard InChI is InChI=1S/C12H16BrFN2O/c1-17-12-9(2-3-10(13)11(12)14)8-16-6-4-15-5-7-16/h2-3,15H,4-8H2,1H3. The predicted molar refractivity (Wildman–Crippen MR) is 68.8 cm³/mol. The zero-order valence-electron chi connectivity index (χ0n) is 9.80. The Hall–Kier alpha value is -0.650. The largest absolute Gasteiger partial charge is 0.493 e. The van der Waals surface area contributed by atoms with Crippen LogP contribution < -0.4 is 10.1 Å². The fraction of sp³-hybridized carbons (Fsp3) is 0.500. The number of benzene rings is 1. The number of piperazine rings is 1. The van der Waals surface area contributed by atoms with Crippen molar-refractivity contribution in [3.05, 3.63) is 28.0 Å². The van der Waals surface area contributed by atoms with Crippen LogP contribution >= 0.6 is 15.9 Å². The number of hydrogen-bond donors (Lipinski definition) is 1. The molecule has 0 bridgehead atoms. The molecule has 0 aromatic heterocycles. The minimum atomic E-state index is -0.319. The molecule has 1 saturated heterocycles. The van der Waals surface area contributed by atoms with Crippen LogP contribution in [0.25, 0.3) is 0 Å². The average molecular weight is 303 g/mol. The molecular weight excluding hydrogens is 287 g/mol. The molecule has 0 spiro atoms. The molecule has 94 valence electrons. The van der Waals surface area contributed by atoms with Gasteiger partial charge in [0.25, 0.3) is 0 Å². The van der Waals surface area contributed by atoms with E-state index in [1.165, 1.54) is 7.11 Å². The van der Waals surface area contributed by atoms with E-state index in [4.69, 9.17) is 4.74 Å². The van der Waals surface area contributed by atoms with E-state index in [0.29, 0.717) is 10.2 Å². The van der Waals surface area contributed by atoms with Crippen LogP contribution in [0, 0.1) is 5.82 Å².